The van der Waals surface area contributed by atoms with E-state index in [0.29, 0.717) is 10.1 Å². The predicted octanol–water partition coefficient (Wildman–Crippen LogP) is 1.73. The van der Waals surface area contributed by atoms with Crippen LogP contribution in [0.3, 0.4) is 0 Å². The highest BCUT2D eigenvalue weighted by Crippen LogP contribution is 2.23. The molecule has 0 amide bonds. The van der Waals surface area contributed by atoms with E-state index in [4.69, 9.17) is 17.3 Å². The van der Waals surface area contributed by atoms with Crippen LogP contribution >= 0.6 is 22.9 Å². The van der Waals surface area contributed by atoms with Crippen LogP contribution in [0.15, 0.2) is 41.1 Å². The van der Waals surface area contributed by atoms with Gasteiger partial charge >= 0.3 is 5.56 Å². The highest BCUT2D eigenvalue weighted by atomic mass is 35.5. The van der Waals surface area contributed by atoms with Gasteiger partial charge in [-0.1, -0.05) is 17.7 Å². The molecule has 3 aromatic heterocycles. The molecule has 0 aliphatic heterocycles. The Labute approximate surface area is 157 Å². The number of pyridine rings is 1. The first-order chi connectivity index (χ1) is 12.3. The van der Waals surface area contributed by atoms with Crippen molar-refractivity contribution in [1.29, 1.82) is 0 Å². The normalized spacial score (nSPS) is 12.3. The summed E-state index contributed by atoms with van der Waals surface area (Å²) < 4.78 is 3.26. The van der Waals surface area contributed by atoms with Crippen LogP contribution in [0.1, 0.15) is 24.3 Å². The summed E-state index contributed by atoms with van der Waals surface area (Å²) in [5.74, 6) is -0.735. The van der Waals surface area contributed by atoms with Gasteiger partial charge in [-0.15, -0.1) is 11.3 Å². The zero-order valence-corrected chi connectivity index (χ0v) is 15.6. The van der Waals surface area contributed by atoms with Gasteiger partial charge in [0.15, 0.2) is 15.8 Å². The van der Waals surface area contributed by atoms with Crippen LogP contribution < -0.4 is 15.9 Å². The van der Waals surface area contributed by atoms with Crippen molar-refractivity contribution >= 4 is 39.9 Å². The predicted molar refractivity (Wildman–Crippen MR) is 99.2 cm³/mol. The first-order valence-electron chi connectivity index (χ1n) is 7.65. The van der Waals surface area contributed by atoms with Crippen LogP contribution in [0.5, 0.6) is 5.88 Å². The van der Waals surface area contributed by atoms with Crippen molar-refractivity contribution in [3.63, 3.8) is 0 Å². The molecule has 0 atom stereocenters. The van der Waals surface area contributed by atoms with Gasteiger partial charge in [0, 0.05) is 18.0 Å². The number of ketones is 1. The van der Waals surface area contributed by atoms with Crippen molar-refractivity contribution in [2.24, 2.45) is 5.73 Å². The van der Waals surface area contributed by atoms with Gasteiger partial charge in [0.2, 0.25) is 0 Å². The van der Waals surface area contributed by atoms with Gasteiger partial charge in [-0.05, 0) is 19.9 Å². The van der Waals surface area contributed by atoms with Crippen molar-refractivity contribution in [2.45, 2.75) is 20.4 Å². The molecule has 0 aliphatic rings. The first kappa shape index (κ1) is 18.1. The van der Waals surface area contributed by atoms with Crippen LogP contribution in [0.25, 0.3) is 11.2 Å². The molecular formula is C17H16ClN4O3S+. The molecule has 7 nitrogen and oxygen atoms in total. The topological polar surface area (TPSA) is 102 Å². The van der Waals surface area contributed by atoms with E-state index < -0.39 is 11.3 Å². The summed E-state index contributed by atoms with van der Waals surface area (Å²) in [7, 11) is 0. The van der Waals surface area contributed by atoms with Crippen molar-refractivity contribution in [2.75, 3.05) is 0 Å². The van der Waals surface area contributed by atoms with E-state index in [1.54, 1.807) is 30.6 Å². The minimum atomic E-state index is -0.522. The van der Waals surface area contributed by atoms with E-state index in [1.807, 2.05) is 0 Å². The molecule has 3 N–H and O–H groups in total. The Morgan fingerprint density at radius 1 is 1.42 bits per heavy atom. The monoisotopic (exact) mass is 391 g/mol. The van der Waals surface area contributed by atoms with Gasteiger partial charge in [0.1, 0.15) is 6.54 Å². The Kier molecular flexibility index (Phi) is 4.80. The number of aromatic nitrogens is 3. The van der Waals surface area contributed by atoms with Gasteiger partial charge in [-0.2, -0.15) is 8.97 Å². The number of nitrogens with two attached hydrogens (primary N) is 1. The molecule has 0 radical (unpaired) electrons. The summed E-state index contributed by atoms with van der Waals surface area (Å²) in [5.41, 5.74) is 5.79. The van der Waals surface area contributed by atoms with Crippen molar-refractivity contribution in [1.82, 2.24) is 9.38 Å². The molecule has 0 aromatic carbocycles. The van der Waals surface area contributed by atoms with E-state index in [9.17, 15) is 14.7 Å². The summed E-state index contributed by atoms with van der Waals surface area (Å²) in [6.07, 6.45) is 3.17. The summed E-state index contributed by atoms with van der Waals surface area (Å²) >= 11 is 7.15. The van der Waals surface area contributed by atoms with E-state index in [1.165, 1.54) is 34.2 Å². The number of rotatable bonds is 4. The number of allylic oxidation sites excluding steroid dienone is 2. The summed E-state index contributed by atoms with van der Waals surface area (Å²) in [6, 6.07) is 5.13. The van der Waals surface area contributed by atoms with E-state index in [2.05, 4.69) is 4.98 Å². The average Bonchev–Trinajstić information content (AvgIpc) is 2.99. The number of halogens is 1. The molecule has 0 saturated carbocycles. The number of fused-ring (bicyclic) bond motifs is 1. The molecule has 3 heterocycles. The lowest BCUT2D eigenvalue weighted by molar-refractivity contribution is -0.671. The fraction of sp³-hybridized carbons (Fsp3) is 0.176. The molecule has 0 unspecified atom stereocenters. The second kappa shape index (κ2) is 6.89. The second-order valence-electron chi connectivity index (χ2n) is 5.71. The Morgan fingerprint density at radius 2 is 2.15 bits per heavy atom. The molecule has 134 valence electrons. The zero-order chi connectivity index (χ0) is 19.0. The van der Waals surface area contributed by atoms with Gasteiger partial charge in [0.05, 0.1) is 16.6 Å². The van der Waals surface area contributed by atoms with Crippen LogP contribution in [0.2, 0.25) is 4.47 Å². The van der Waals surface area contributed by atoms with Crippen LogP contribution in [0, 0.1) is 0 Å². The molecular weight excluding hydrogens is 376 g/mol. The lowest BCUT2D eigenvalue weighted by Gasteiger charge is -2.11. The van der Waals surface area contributed by atoms with Gasteiger partial charge in [-0.3, -0.25) is 4.79 Å². The molecule has 0 spiro atoms. The SMILES string of the molecule is CC(=O)/C(=C(/C)N)c1c(O)[n+](Cc2cnc(Cl)s2)c2ccccn2c1=O. The molecule has 3 aromatic rings. The smallest absolute Gasteiger partial charge is 0.354 e. The maximum atomic E-state index is 12.9. The van der Waals surface area contributed by atoms with Crippen LogP contribution in [-0.4, -0.2) is 20.3 Å². The Morgan fingerprint density at radius 3 is 2.73 bits per heavy atom. The van der Waals surface area contributed by atoms with E-state index >= 15 is 0 Å². The largest absolute Gasteiger partial charge is 0.477 e. The Hall–Kier alpha value is -2.71. The molecule has 0 aliphatic carbocycles. The van der Waals surface area contributed by atoms with Crippen molar-refractivity contribution < 1.29 is 14.5 Å². The van der Waals surface area contributed by atoms with E-state index in [0.717, 1.165) is 4.88 Å². The quantitative estimate of drug-likeness (QED) is 0.521. The number of hydrogen-bond acceptors (Lipinski definition) is 6. The highest BCUT2D eigenvalue weighted by Gasteiger charge is 2.29. The Balaban J connectivity index is 2.39. The zero-order valence-electron chi connectivity index (χ0n) is 14.1. The fourth-order valence-electron chi connectivity index (χ4n) is 2.82. The molecule has 0 bridgehead atoms. The standard InChI is InChI=1S/C17H15ClN4O3S/c1-9(19)13(10(2)23)14-15(24)21-6-4-3-5-12(21)22(16(14)25)8-11-7-20-17(18)26-11/h3-7H,8H2,1-2H3,(H2-,19,23,24,25)/p+1. The summed E-state index contributed by atoms with van der Waals surface area (Å²) in [5, 5.41) is 10.9. The van der Waals surface area contributed by atoms with Crippen LogP contribution in [0.4, 0.5) is 0 Å². The lowest BCUT2D eigenvalue weighted by Crippen LogP contribution is -2.42. The van der Waals surface area contributed by atoms with Gasteiger partial charge in [-0.25, -0.2) is 9.78 Å². The third-order valence-corrected chi connectivity index (χ3v) is 4.96. The number of hydrogen-bond donors (Lipinski definition) is 2. The number of aromatic hydroxyl groups is 1. The molecule has 26 heavy (non-hydrogen) atoms. The average molecular weight is 392 g/mol. The minimum Gasteiger partial charge on any atom is -0.477 e. The molecule has 0 fully saturated rings. The highest BCUT2D eigenvalue weighted by molar-refractivity contribution is 7.15. The first-order valence-corrected chi connectivity index (χ1v) is 8.84. The maximum Gasteiger partial charge on any atom is 0.354 e. The third kappa shape index (κ3) is 3.09. The third-order valence-electron chi connectivity index (χ3n) is 3.86. The fourth-order valence-corrected chi connectivity index (χ4v) is 3.79. The summed E-state index contributed by atoms with van der Waals surface area (Å²) in [6.45, 7) is 3.05. The number of Topliss-reactive ketones (excluding diaryl/α,β-unsaturated/α-hetero) is 1. The van der Waals surface area contributed by atoms with Crippen molar-refractivity contribution in [3.8, 4) is 5.88 Å². The number of thiazole rings is 1. The van der Waals surface area contributed by atoms with Crippen molar-refractivity contribution in [3.05, 3.63) is 61.6 Å². The molecule has 3 rings (SSSR count). The maximum absolute atomic E-state index is 12.9. The molecule has 9 heteroatoms. The van der Waals surface area contributed by atoms with Gasteiger partial charge < -0.3 is 10.8 Å². The van der Waals surface area contributed by atoms with E-state index in [-0.39, 0.29) is 29.3 Å². The Bertz CT molecular complexity index is 1110. The van der Waals surface area contributed by atoms with Gasteiger partial charge in [0.25, 0.3) is 11.5 Å². The number of carbonyl (C=O) groups is 1. The second-order valence-corrected chi connectivity index (χ2v) is 7.41. The van der Waals surface area contributed by atoms with Crippen LogP contribution in [-0.2, 0) is 11.3 Å². The number of nitrogens with zero attached hydrogens (tertiary/aromatic N) is 3. The summed E-state index contributed by atoms with van der Waals surface area (Å²) in [4.78, 5) is 29.8. The lowest BCUT2D eigenvalue weighted by atomic mass is 10.0. The minimum absolute atomic E-state index is 0.00170. The molecule has 0 saturated heterocycles. The number of carbonyl (C=O) groups excluding carboxylic acids is 1.